The number of benzene rings is 1. The lowest BCUT2D eigenvalue weighted by Gasteiger charge is -2.26. The highest BCUT2D eigenvalue weighted by Gasteiger charge is 2.64. The molecule has 2 N–H and O–H groups in total. The number of amides is 1. The second kappa shape index (κ2) is 5.34. The van der Waals surface area contributed by atoms with Gasteiger partial charge >= 0.3 is 11.8 Å². The van der Waals surface area contributed by atoms with Gasteiger partial charge in [0.15, 0.2) is 0 Å². The molecule has 0 spiro atoms. The summed E-state index contributed by atoms with van der Waals surface area (Å²) in [6.07, 6.45) is -2.46. The summed E-state index contributed by atoms with van der Waals surface area (Å²) in [6, 6.07) is 9.50. The van der Waals surface area contributed by atoms with E-state index in [2.05, 4.69) is 20.3 Å². The summed E-state index contributed by atoms with van der Waals surface area (Å²) in [7, 11) is 0. The number of nitrogens with zero attached hydrogens (tertiary/aromatic N) is 3. The lowest BCUT2D eigenvalue weighted by molar-refractivity contribution is -0.181. The van der Waals surface area contributed by atoms with Gasteiger partial charge in [0.05, 0.1) is 0 Å². The number of halogens is 3. The number of nitrogens with one attached hydrogen (secondary N) is 2. The average molecular weight is 321 g/mol. The number of aromatic nitrogens is 2. The maximum Gasteiger partial charge on any atom is 0.442 e. The largest absolute Gasteiger partial charge is 0.442 e. The molecule has 2 aromatic rings. The van der Waals surface area contributed by atoms with E-state index in [1.807, 2.05) is 5.32 Å². The van der Waals surface area contributed by atoms with Crippen LogP contribution in [0.1, 0.15) is 5.56 Å². The van der Waals surface area contributed by atoms with E-state index < -0.39 is 17.7 Å². The maximum atomic E-state index is 13.6. The van der Waals surface area contributed by atoms with Crippen molar-refractivity contribution in [3.05, 3.63) is 54.4 Å². The summed E-state index contributed by atoms with van der Waals surface area (Å²) in [5.74, 6) is -1.86. The zero-order valence-electron chi connectivity index (χ0n) is 11.5. The lowest BCUT2D eigenvalue weighted by atomic mass is 10.1. The molecule has 1 aliphatic heterocycles. The third-order valence-corrected chi connectivity index (χ3v) is 3.16. The van der Waals surface area contributed by atoms with Crippen molar-refractivity contribution in [3.8, 4) is 0 Å². The molecule has 0 saturated carbocycles. The van der Waals surface area contributed by atoms with Crippen molar-refractivity contribution < 1.29 is 18.0 Å². The molecule has 0 fully saturated rings. The monoisotopic (exact) mass is 321 g/mol. The smallest absolute Gasteiger partial charge is 0.314 e. The quantitative estimate of drug-likeness (QED) is 0.902. The Labute approximate surface area is 128 Å². The predicted octanol–water partition coefficient (Wildman–Crippen LogP) is 1.72. The van der Waals surface area contributed by atoms with Gasteiger partial charge in [-0.15, -0.1) is 0 Å². The molecule has 0 saturated heterocycles. The first-order valence-electron chi connectivity index (χ1n) is 6.51. The first-order valence-corrected chi connectivity index (χ1v) is 6.51. The Bertz CT molecular complexity index is 748. The molecular formula is C14H10F3N5O. The third kappa shape index (κ3) is 2.60. The van der Waals surface area contributed by atoms with Crippen LogP contribution in [0.4, 0.5) is 19.1 Å². The van der Waals surface area contributed by atoms with Crippen LogP contribution in [0.5, 0.6) is 0 Å². The third-order valence-electron chi connectivity index (χ3n) is 3.16. The summed E-state index contributed by atoms with van der Waals surface area (Å²) >= 11 is 0. The van der Waals surface area contributed by atoms with Gasteiger partial charge in [-0.3, -0.25) is 4.79 Å². The van der Waals surface area contributed by atoms with Crippen LogP contribution in [0.2, 0.25) is 0 Å². The second-order valence-electron chi connectivity index (χ2n) is 4.69. The van der Waals surface area contributed by atoms with Gasteiger partial charge in [-0.25, -0.2) is 15.0 Å². The average Bonchev–Trinajstić information content (AvgIpc) is 2.87. The van der Waals surface area contributed by atoms with Crippen LogP contribution >= 0.6 is 0 Å². The topological polar surface area (TPSA) is 79.3 Å². The number of alkyl halides is 3. The van der Waals surface area contributed by atoms with Crippen molar-refractivity contribution in [2.45, 2.75) is 11.8 Å². The zero-order chi connectivity index (χ0) is 16.5. The van der Waals surface area contributed by atoms with Crippen molar-refractivity contribution in [2.24, 2.45) is 4.99 Å². The number of rotatable bonds is 3. The lowest BCUT2D eigenvalue weighted by Crippen LogP contribution is -2.57. The van der Waals surface area contributed by atoms with Crippen LogP contribution in [0.15, 0.2) is 53.8 Å². The van der Waals surface area contributed by atoms with Crippen LogP contribution in [0.3, 0.4) is 0 Å². The fraction of sp³-hybridized carbons (Fsp3) is 0.143. The summed E-state index contributed by atoms with van der Waals surface area (Å²) in [5, 5.41) is 4.16. The second-order valence-corrected chi connectivity index (χ2v) is 4.69. The van der Waals surface area contributed by atoms with E-state index in [1.54, 1.807) is 30.3 Å². The molecule has 1 atom stereocenters. The van der Waals surface area contributed by atoms with E-state index in [9.17, 15) is 18.0 Å². The van der Waals surface area contributed by atoms with E-state index in [0.717, 1.165) is 0 Å². The molecule has 0 unspecified atom stereocenters. The van der Waals surface area contributed by atoms with Crippen molar-refractivity contribution in [1.29, 1.82) is 0 Å². The number of anilines is 1. The van der Waals surface area contributed by atoms with Crippen LogP contribution in [-0.2, 0) is 4.79 Å². The van der Waals surface area contributed by atoms with Gasteiger partial charge in [0.25, 0.3) is 5.91 Å². The summed E-state index contributed by atoms with van der Waals surface area (Å²) < 4.78 is 40.7. The SMILES string of the molecule is O=C1NC(c2ccccc2)=N[C@]1(Nc1ncccn1)C(F)(F)F. The number of hydrogen-bond acceptors (Lipinski definition) is 5. The van der Waals surface area contributed by atoms with Crippen molar-refractivity contribution in [2.75, 3.05) is 5.32 Å². The standard InChI is InChI=1S/C14H10F3N5O/c15-14(16,17)13(22-12-18-7-4-8-19-12)11(23)20-10(21-13)9-5-2-1-3-6-9/h1-8H,(H,18,19,22)(H,20,21,23)/t13-/m1/s1. The van der Waals surface area contributed by atoms with E-state index in [-0.39, 0.29) is 11.8 Å². The molecule has 118 valence electrons. The van der Waals surface area contributed by atoms with Gasteiger partial charge in [0.2, 0.25) is 5.95 Å². The number of amidine groups is 1. The maximum absolute atomic E-state index is 13.6. The highest BCUT2D eigenvalue weighted by Crippen LogP contribution is 2.37. The molecule has 23 heavy (non-hydrogen) atoms. The molecule has 1 aromatic carbocycles. The molecule has 1 amide bonds. The molecule has 1 aromatic heterocycles. The Morgan fingerprint density at radius 3 is 2.30 bits per heavy atom. The molecule has 1 aliphatic rings. The van der Waals surface area contributed by atoms with Gasteiger partial charge in [-0.05, 0) is 6.07 Å². The van der Waals surface area contributed by atoms with Gasteiger partial charge < -0.3 is 10.6 Å². The van der Waals surface area contributed by atoms with E-state index in [4.69, 9.17) is 0 Å². The fourth-order valence-electron chi connectivity index (χ4n) is 2.05. The van der Waals surface area contributed by atoms with Gasteiger partial charge in [0, 0.05) is 18.0 Å². The molecule has 0 aliphatic carbocycles. The van der Waals surface area contributed by atoms with Crippen molar-refractivity contribution in [3.63, 3.8) is 0 Å². The molecule has 6 nitrogen and oxygen atoms in total. The molecule has 0 radical (unpaired) electrons. The fourth-order valence-corrected chi connectivity index (χ4v) is 2.05. The van der Waals surface area contributed by atoms with Crippen LogP contribution in [0, 0.1) is 0 Å². The molecule has 3 rings (SSSR count). The van der Waals surface area contributed by atoms with Crippen molar-refractivity contribution in [1.82, 2.24) is 15.3 Å². The number of carbonyl (C=O) groups excluding carboxylic acids is 1. The minimum Gasteiger partial charge on any atom is -0.314 e. The Morgan fingerprint density at radius 2 is 1.70 bits per heavy atom. The number of carbonyl (C=O) groups is 1. The normalized spacial score (nSPS) is 20.8. The summed E-state index contributed by atoms with van der Waals surface area (Å²) in [4.78, 5) is 23.0. The van der Waals surface area contributed by atoms with Gasteiger partial charge in [0.1, 0.15) is 5.84 Å². The van der Waals surface area contributed by atoms with Crippen LogP contribution in [-0.4, -0.2) is 33.5 Å². The van der Waals surface area contributed by atoms with Gasteiger partial charge in [-0.2, -0.15) is 13.2 Å². The Morgan fingerprint density at radius 1 is 1.04 bits per heavy atom. The molecule has 2 heterocycles. The van der Waals surface area contributed by atoms with Crippen LogP contribution < -0.4 is 10.6 Å². The minimum atomic E-state index is -4.98. The first kappa shape index (κ1) is 14.9. The minimum absolute atomic E-state index is 0.170. The number of aliphatic imine (C=N–C) groups is 1. The molecular weight excluding hydrogens is 311 g/mol. The number of hydrogen-bond donors (Lipinski definition) is 2. The molecule has 9 heteroatoms. The Kier molecular flexibility index (Phi) is 3.47. The first-order chi connectivity index (χ1) is 10.9. The van der Waals surface area contributed by atoms with E-state index in [1.165, 1.54) is 18.5 Å². The molecule has 0 bridgehead atoms. The summed E-state index contributed by atoms with van der Waals surface area (Å²) in [5.41, 5.74) is -2.80. The van der Waals surface area contributed by atoms with Gasteiger partial charge in [-0.1, -0.05) is 30.3 Å². The Hall–Kier alpha value is -2.97. The van der Waals surface area contributed by atoms with E-state index in [0.29, 0.717) is 5.56 Å². The highest BCUT2D eigenvalue weighted by molar-refractivity contribution is 6.16. The van der Waals surface area contributed by atoms with Crippen molar-refractivity contribution >= 4 is 17.7 Å². The highest BCUT2D eigenvalue weighted by atomic mass is 19.4. The predicted molar refractivity (Wildman–Crippen MR) is 75.6 cm³/mol. The summed E-state index contributed by atoms with van der Waals surface area (Å²) in [6.45, 7) is 0. The van der Waals surface area contributed by atoms with E-state index >= 15 is 0 Å². The van der Waals surface area contributed by atoms with Crippen LogP contribution in [0.25, 0.3) is 0 Å². The Balaban J connectivity index is 2.06. The zero-order valence-corrected chi connectivity index (χ0v) is 11.5.